The van der Waals surface area contributed by atoms with Gasteiger partial charge < -0.3 is 0 Å². The molecule has 0 amide bonds. The molecule has 1 saturated carbocycles. The van der Waals surface area contributed by atoms with Crippen molar-refractivity contribution in [2.75, 3.05) is 0 Å². The van der Waals surface area contributed by atoms with Crippen LogP contribution in [0, 0.1) is 11.3 Å². The Balaban J connectivity index is 2.27. The molecule has 0 N–H and O–H groups in total. The first-order valence-electron chi connectivity index (χ1n) is 7.29. The van der Waals surface area contributed by atoms with Crippen LogP contribution in [-0.2, 0) is 0 Å². The predicted molar refractivity (Wildman–Crippen MR) is 69.1 cm³/mol. The van der Waals surface area contributed by atoms with E-state index in [4.69, 9.17) is 0 Å². The standard InChI is InChI=1S/C15H30/c1-4-7-8-9-12-15(6-3)13-11-14(15)10-5-2/h14H,4-13H2,1-3H3. The zero-order valence-corrected chi connectivity index (χ0v) is 11.1. The van der Waals surface area contributed by atoms with Gasteiger partial charge in [-0.2, -0.15) is 0 Å². The topological polar surface area (TPSA) is 0 Å². The Morgan fingerprint density at radius 3 is 2.27 bits per heavy atom. The highest BCUT2D eigenvalue weighted by molar-refractivity contribution is 4.94. The van der Waals surface area contributed by atoms with Crippen molar-refractivity contribution in [3.63, 3.8) is 0 Å². The zero-order valence-electron chi connectivity index (χ0n) is 11.1. The Labute approximate surface area is 96.8 Å². The summed E-state index contributed by atoms with van der Waals surface area (Å²) in [5, 5.41) is 0. The van der Waals surface area contributed by atoms with Gasteiger partial charge in [0.2, 0.25) is 0 Å². The van der Waals surface area contributed by atoms with E-state index in [-0.39, 0.29) is 0 Å². The van der Waals surface area contributed by atoms with Crippen LogP contribution in [-0.4, -0.2) is 0 Å². The highest BCUT2D eigenvalue weighted by Gasteiger charge is 2.43. The van der Waals surface area contributed by atoms with Crippen molar-refractivity contribution in [2.24, 2.45) is 11.3 Å². The summed E-state index contributed by atoms with van der Waals surface area (Å²) in [5.41, 5.74) is 0.781. The van der Waals surface area contributed by atoms with Crippen LogP contribution in [0.5, 0.6) is 0 Å². The van der Waals surface area contributed by atoms with Crippen LogP contribution in [0.25, 0.3) is 0 Å². The molecule has 0 nitrogen and oxygen atoms in total. The summed E-state index contributed by atoms with van der Waals surface area (Å²) >= 11 is 0. The van der Waals surface area contributed by atoms with Crippen LogP contribution in [0.1, 0.15) is 85.0 Å². The van der Waals surface area contributed by atoms with E-state index in [2.05, 4.69) is 20.8 Å². The Hall–Kier alpha value is 0. The first-order valence-corrected chi connectivity index (χ1v) is 7.29. The number of hydrogen-bond donors (Lipinski definition) is 0. The average Bonchev–Trinajstić information content (AvgIpc) is 2.25. The van der Waals surface area contributed by atoms with Gasteiger partial charge in [-0.25, -0.2) is 0 Å². The first-order chi connectivity index (χ1) is 7.29. The minimum absolute atomic E-state index is 0.781. The van der Waals surface area contributed by atoms with Crippen molar-refractivity contribution in [3.05, 3.63) is 0 Å². The fraction of sp³-hybridized carbons (Fsp3) is 1.00. The summed E-state index contributed by atoms with van der Waals surface area (Å²) in [6, 6.07) is 0. The third kappa shape index (κ3) is 3.23. The lowest BCUT2D eigenvalue weighted by Crippen LogP contribution is -2.39. The Kier molecular flexibility index (Phi) is 5.71. The van der Waals surface area contributed by atoms with Gasteiger partial charge in [-0.3, -0.25) is 0 Å². The van der Waals surface area contributed by atoms with Gasteiger partial charge in [0.15, 0.2) is 0 Å². The molecule has 0 spiro atoms. The molecule has 1 fully saturated rings. The molecule has 0 saturated heterocycles. The minimum atomic E-state index is 0.781. The third-order valence-corrected chi connectivity index (χ3v) is 4.73. The van der Waals surface area contributed by atoms with Crippen molar-refractivity contribution in [1.29, 1.82) is 0 Å². The number of hydrogen-bond acceptors (Lipinski definition) is 0. The zero-order chi connectivity index (χ0) is 11.1. The maximum absolute atomic E-state index is 2.42. The molecule has 1 rings (SSSR count). The number of rotatable bonds is 8. The van der Waals surface area contributed by atoms with Gasteiger partial charge in [0.1, 0.15) is 0 Å². The summed E-state index contributed by atoms with van der Waals surface area (Å²) < 4.78 is 0. The summed E-state index contributed by atoms with van der Waals surface area (Å²) in [7, 11) is 0. The quantitative estimate of drug-likeness (QED) is 0.460. The molecule has 2 unspecified atom stereocenters. The molecule has 0 heteroatoms. The van der Waals surface area contributed by atoms with Crippen molar-refractivity contribution in [3.8, 4) is 0 Å². The monoisotopic (exact) mass is 210 g/mol. The highest BCUT2D eigenvalue weighted by atomic mass is 14.5. The molecule has 1 aliphatic carbocycles. The second-order valence-corrected chi connectivity index (χ2v) is 5.55. The largest absolute Gasteiger partial charge is 0.0654 e. The van der Waals surface area contributed by atoms with E-state index in [0.717, 1.165) is 11.3 Å². The molecule has 0 bridgehead atoms. The molecule has 90 valence electrons. The normalized spacial score (nSPS) is 30.2. The number of unbranched alkanes of at least 4 members (excludes halogenated alkanes) is 3. The average molecular weight is 210 g/mol. The van der Waals surface area contributed by atoms with Crippen LogP contribution in [0.4, 0.5) is 0 Å². The van der Waals surface area contributed by atoms with E-state index in [0.29, 0.717) is 0 Å². The summed E-state index contributed by atoms with van der Waals surface area (Å²) in [5.74, 6) is 1.08. The molecular formula is C15H30. The molecule has 2 atom stereocenters. The van der Waals surface area contributed by atoms with Crippen molar-refractivity contribution < 1.29 is 0 Å². The van der Waals surface area contributed by atoms with Crippen LogP contribution < -0.4 is 0 Å². The van der Waals surface area contributed by atoms with Crippen LogP contribution in [0.2, 0.25) is 0 Å². The van der Waals surface area contributed by atoms with Gasteiger partial charge in [-0.05, 0) is 30.6 Å². The van der Waals surface area contributed by atoms with E-state index in [9.17, 15) is 0 Å². The molecule has 0 heterocycles. The lowest BCUT2D eigenvalue weighted by molar-refractivity contribution is 0.00659. The Bertz CT molecular complexity index is 157. The lowest BCUT2D eigenvalue weighted by atomic mass is 9.55. The highest BCUT2D eigenvalue weighted by Crippen LogP contribution is 2.54. The summed E-state index contributed by atoms with van der Waals surface area (Å²) in [4.78, 5) is 0. The lowest BCUT2D eigenvalue weighted by Gasteiger charge is -2.50. The van der Waals surface area contributed by atoms with E-state index >= 15 is 0 Å². The maximum Gasteiger partial charge on any atom is -0.0272 e. The Morgan fingerprint density at radius 1 is 1.00 bits per heavy atom. The van der Waals surface area contributed by atoms with Gasteiger partial charge in [-0.1, -0.05) is 65.7 Å². The van der Waals surface area contributed by atoms with E-state index < -0.39 is 0 Å². The SMILES string of the molecule is CCCCCCC1(CC)CCC1CCC. The van der Waals surface area contributed by atoms with Gasteiger partial charge in [0.25, 0.3) is 0 Å². The molecule has 0 radical (unpaired) electrons. The molecule has 0 aromatic carbocycles. The molecule has 1 aliphatic rings. The van der Waals surface area contributed by atoms with Crippen molar-refractivity contribution in [1.82, 2.24) is 0 Å². The van der Waals surface area contributed by atoms with E-state index in [1.54, 1.807) is 0 Å². The second-order valence-electron chi connectivity index (χ2n) is 5.55. The van der Waals surface area contributed by atoms with Gasteiger partial charge in [-0.15, -0.1) is 0 Å². The molecule has 0 aromatic rings. The molecular weight excluding hydrogens is 180 g/mol. The van der Waals surface area contributed by atoms with Crippen LogP contribution >= 0.6 is 0 Å². The van der Waals surface area contributed by atoms with Gasteiger partial charge in [0, 0.05) is 0 Å². The summed E-state index contributed by atoms with van der Waals surface area (Å²) in [6.07, 6.45) is 14.7. The van der Waals surface area contributed by atoms with Crippen LogP contribution in [0.3, 0.4) is 0 Å². The molecule has 15 heavy (non-hydrogen) atoms. The fourth-order valence-corrected chi connectivity index (χ4v) is 3.43. The van der Waals surface area contributed by atoms with E-state index in [1.165, 1.54) is 64.2 Å². The first kappa shape index (κ1) is 13.1. The van der Waals surface area contributed by atoms with Crippen molar-refractivity contribution in [2.45, 2.75) is 85.0 Å². The molecule has 0 aromatic heterocycles. The van der Waals surface area contributed by atoms with Crippen LogP contribution in [0.15, 0.2) is 0 Å². The third-order valence-electron chi connectivity index (χ3n) is 4.73. The van der Waals surface area contributed by atoms with Crippen molar-refractivity contribution >= 4 is 0 Å². The predicted octanol–water partition coefficient (Wildman–Crippen LogP) is 5.56. The van der Waals surface area contributed by atoms with E-state index in [1.807, 2.05) is 0 Å². The smallest absolute Gasteiger partial charge is 0.0272 e. The Morgan fingerprint density at radius 2 is 1.80 bits per heavy atom. The fourth-order valence-electron chi connectivity index (χ4n) is 3.43. The summed E-state index contributed by atoms with van der Waals surface area (Å²) in [6.45, 7) is 7.07. The molecule has 0 aliphatic heterocycles. The second kappa shape index (κ2) is 6.55. The van der Waals surface area contributed by atoms with Gasteiger partial charge >= 0.3 is 0 Å². The maximum atomic E-state index is 2.42. The minimum Gasteiger partial charge on any atom is -0.0654 e. The van der Waals surface area contributed by atoms with Gasteiger partial charge in [0.05, 0.1) is 0 Å².